The van der Waals surface area contributed by atoms with E-state index in [0.29, 0.717) is 6.42 Å². The van der Waals surface area contributed by atoms with Gasteiger partial charge in [0.2, 0.25) is 0 Å². The van der Waals surface area contributed by atoms with Crippen LogP contribution in [0.5, 0.6) is 0 Å². The lowest BCUT2D eigenvalue weighted by atomic mass is 10.0. The van der Waals surface area contributed by atoms with Gasteiger partial charge in [-0.05, 0) is 32.9 Å². The van der Waals surface area contributed by atoms with Crippen molar-refractivity contribution in [3.8, 4) is 0 Å². The molecule has 0 spiro atoms. The molecule has 0 unspecified atom stereocenters. The first-order valence-electron chi connectivity index (χ1n) is 5.34. The summed E-state index contributed by atoms with van der Waals surface area (Å²) in [5.74, 6) is 0.183. The van der Waals surface area contributed by atoms with Crippen LogP contribution < -0.4 is 5.32 Å². The van der Waals surface area contributed by atoms with Crippen LogP contribution in [0.2, 0.25) is 0 Å². The highest BCUT2D eigenvalue weighted by molar-refractivity contribution is 6.01. The van der Waals surface area contributed by atoms with Crippen LogP contribution in [0.3, 0.4) is 0 Å². The molecule has 0 aliphatic rings. The van der Waals surface area contributed by atoms with Gasteiger partial charge in [0, 0.05) is 23.2 Å². The third-order valence-electron chi connectivity index (χ3n) is 2.06. The normalized spacial score (nSPS) is 11.2. The minimum atomic E-state index is -0.0237. The predicted octanol–water partition coefficient (Wildman–Crippen LogP) is 3.49. The predicted molar refractivity (Wildman–Crippen MR) is 64.4 cm³/mol. The van der Waals surface area contributed by atoms with Crippen LogP contribution in [0.25, 0.3) is 0 Å². The van der Waals surface area contributed by atoms with Crippen molar-refractivity contribution in [3.63, 3.8) is 0 Å². The molecule has 2 heteroatoms. The first-order chi connectivity index (χ1) is 6.94. The van der Waals surface area contributed by atoms with Crippen LogP contribution in [-0.2, 0) is 0 Å². The first kappa shape index (κ1) is 11.8. The van der Waals surface area contributed by atoms with Gasteiger partial charge in [-0.1, -0.05) is 19.1 Å². The number of hydrogen-bond donors (Lipinski definition) is 1. The molecular weight excluding hydrogens is 186 g/mol. The minimum absolute atomic E-state index is 0.0237. The van der Waals surface area contributed by atoms with Crippen molar-refractivity contribution in [1.82, 2.24) is 0 Å². The molecule has 0 aliphatic carbocycles. The van der Waals surface area contributed by atoms with Crippen LogP contribution in [0.15, 0.2) is 24.3 Å². The zero-order valence-corrected chi connectivity index (χ0v) is 9.92. The number of rotatable bonds is 3. The summed E-state index contributed by atoms with van der Waals surface area (Å²) in [6.45, 7) is 8.14. The van der Waals surface area contributed by atoms with Gasteiger partial charge < -0.3 is 5.32 Å². The van der Waals surface area contributed by atoms with Crippen molar-refractivity contribution >= 4 is 11.5 Å². The van der Waals surface area contributed by atoms with Crippen LogP contribution in [-0.4, -0.2) is 11.3 Å². The summed E-state index contributed by atoms with van der Waals surface area (Å²) in [6.07, 6.45) is 0.544. The molecule has 2 nitrogen and oxygen atoms in total. The number of para-hydroxylation sites is 1. The smallest absolute Gasteiger partial charge is 0.164 e. The number of Topliss-reactive ketones (excluding diaryl/α,β-unsaturated/α-hetero) is 1. The summed E-state index contributed by atoms with van der Waals surface area (Å²) in [7, 11) is 0. The van der Waals surface area contributed by atoms with Gasteiger partial charge in [0.1, 0.15) is 0 Å². The lowest BCUT2D eigenvalue weighted by molar-refractivity contribution is 0.0989. The Hall–Kier alpha value is -1.31. The second-order valence-corrected chi connectivity index (χ2v) is 4.70. The van der Waals surface area contributed by atoms with E-state index in [1.165, 1.54) is 0 Å². The van der Waals surface area contributed by atoms with Gasteiger partial charge in [0.05, 0.1) is 0 Å². The maximum atomic E-state index is 11.7. The number of ketones is 1. The van der Waals surface area contributed by atoms with Crippen molar-refractivity contribution in [3.05, 3.63) is 29.8 Å². The fraction of sp³-hybridized carbons (Fsp3) is 0.462. The Morgan fingerprint density at radius 2 is 1.87 bits per heavy atom. The van der Waals surface area contributed by atoms with E-state index in [-0.39, 0.29) is 11.3 Å². The molecule has 1 aromatic carbocycles. The van der Waals surface area contributed by atoms with Crippen molar-refractivity contribution in [2.24, 2.45) is 0 Å². The van der Waals surface area contributed by atoms with Gasteiger partial charge in [-0.2, -0.15) is 0 Å². The minimum Gasteiger partial charge on any atom is -0.380 e. The number of nitrogens with one attached hydrogen (secondary N) is 1. The Labute approximate surface area is 91.7 Å². The van der Waals surface area contributed by atoms with Crippen molar-refractivity contribution in [1.29, 1.82) is 0 Å². The first-order valence-corrected chi connectivity index (χ1v) is 5.34. The Bertz CT molecular complexity index is 350. The number of anilines is 1. The Kier molecular flexibility index (Phi) is 3.51. The topological polar surface area (TPSA) is 29.1 Å². The molecule has 15 heavy (non-hydrogen) atoms. The molecule has 0 bridgehead atoms. The van der Waals surface area contributed by atoms with Crippen LogP contribution in [0.1, 0.15) is 44.5 Å². The second kappa shape index (κ2) is 4.47. The van der Waals surface area contributed by atoms with Gasteiger partial charge in [-0.15, -0.1) is 0 Å². The van der Waals surface area contributed by atoms with Gasteiger partial charge in [0.15, 0.2) is 5.78 Å². The van der Waals surface area contributed by atoms with Crippen molar-refractivity contribution < 1.29 is 4.79 Å². The highest BCUT2D eigenvalue weighted by Crippen LogP contribution is 2.20. The molecule has 0 amide bonds. The van der Waals surface area contributed by atoms with E-state index in [2.05, 4.69) is 26.1 Å². The number of hydrogen-bond acceptors (Lipinski definition) is 2. The fourth-order valence-electron chi connectivity index (χ4n) is 1.43. The molecule has 0 aliphatic heterocycles. The maximum Gasteiger partial charge on any atom is 0.164 e. The van der Waals surface area contributed by atoms with Gasteiger partial charge in [-0.25, -0.2) is 0 Å². The third-order valence-corrected chi connectivity index (χ3v) is 2.06. The molecular formula is C13H19NO. The maximum absolute atomic E-state index is 11.7. The van der Waals surface area contributed by atoms with Crippen LogP contribution in [0, 0.1) is 0 Å². The van der Waals surface area contributed by atoms with E-state index in [0.717, 1.165) is 11.3 Å². The van der Waals surface area contributed by atoms with E-state index >= 15 is 0 Å². The number of carbonyl (C=O) groups is 1. The molecule has 0 radical (unpaired) electrons. The summed E-state index contributed by atoms with van der Waals surface area (Å²) < 4.78 is 0. The summed E-state index contributed by atoms with van der Waals surface area (Å²) in [5, 5.41) is 3.34. The zero-order chi connectivity index (χ0) is 11.5. The summed E-state index contributed by atoms with van der Waals surface area (Å²) in [4.78, 5) is 11.7. The Morgan fingerprint density at radius 1 is 1.27 bits per heavy atom. The molecule has 0 atom stereocenters. The molecule has 82 valence electrons. The standard InChI is InChI=1S/C13H19NO/c1-5-12(15)10-8-6-7-9-11(10)14-13(2,3)4/h6-9,14H,5H2,1-4H3. The lowest BCUT2D eigenvalue weighted by Gasteiger charge is -2.23. The monoisotopic (exact) mass is 205 g/mol. The van der Waals surface area contributed by atoms with Gasteiger partial charge in [0.25, 0.3) is 0 Å². The van der Waals surface area contributed by atoms with E-state index in [1.54, 1.807) is 0 Å². The van der Waals surface area contributed by atoms with E-state index < -0.39 is 0 Å². The highest BCUT2D eigenvalue weighted by atomic mass is 16.1. The molecule has 0 saturated heterocycles. The summed E-state index contributed by atoms with van der Waals surface area (Å²) >= 11 is 0. The van der Waals surface area contributed by atoms with Gasteiger partial charge in [-0.3, -0.25) is 4.79 Å². The van der Waals surface area contributed by atoms with Gasteiger partial charge >= 0.3 is 0 Å². The lowest BCUT2D eigenvalue weighted by Crippen LogP contribution is -2.27. The second-order valence-electron chi connectivity index (χ2n) is 4.70. The van der Waals surface area contributed by atoms with E-state index in [4.69, 9.17) is 0 Å². The highest BCUT2D eigenvalue weighted by Gasteiger charge is 2.14. The largest absolute Gasteiger partial charge is 0.380 e. The Morgan fingerprint density at radius 3 is 2.40 bits per heavy atom. The summed E-state index contributed by atoms with van der Waals surface area (Å²) in [6, 6.07) is 7.67. The number of carbonyl (C=O) groups excluding carboxylic acids is 1. The average Bonchev–Trinajstić information content (AvgIpc) is 2.15. The summed E-state index contributed by atoms with van der Waals surface area (Å²) in [5.41, 5.74) is 1.69. The molecule has 0 saturated carbocycles. The molecule has 0 fully saturated rings. The molecule has 1 N–H and O–H groups in total. The number of benzene rings is 1. The van der Waals surface area contributed by atoms with Crippen molar-refractivity contribution in [2.45, 2.75) is 39.7 Å². The molecule has 1 aromatic rings. The third kappa shape index (κ3) is 3.39. The van der Waals surface area contributed by atoms with E-state index in [1.807, 2.05) is 31.2 Å². The van der Waals surface area contributed by atoms with Crippen molar-refractivity contribution in [2.75, 3.05) is 5.32 Å². The molecule has 0 heterocycles. The van der Waals surface area contributed by atoms with Crippen LogP contribution in [0.4, 0.5) is 5.69 Å². The molecule has 0 aromatic heterocycles. The molecule has 1 rings (SSSR count). The fourth-order valence-corrected chi connectivity index (χ4v) is 1.43. The SMILES string of the molecule is CCC(=O)c1ccccc1NC(C)(C)C. The quantitative estimate of drug-likeness (QED) is 0.765. The average molecular weight is 205 g/mol. The van der Waals surface area contributed by atoms with Crippen LogP contribution >= 0.6 is 0 Å². The zero-order valence-electron chi connectivity index (χ0n) is 9.92. The Balaban J connectivity index is 3.02. The van der Waals surface area contributed by atoms with E-state index in [9.17, 15) is 4.79 Å².